The average molecular weight is 373 g/mol. The fourth-order valence-electron chi connectivity index (χ4n) is 4.21. The van der Waals surface area contributed by atoms with E-state index < -0.39 is 0 Å². The number of carbonyl (C=O) groups excluding carboxylic acids is 1. The van der Waals surface area contributed by atoms with Crippen molar-refractivity contribution < 1.29 is 9.21 Å². The van der Waals surface area contributed by atoms with E-state index in [0.717, 1.165) is 48.3 Å². The number of hydrogen-bond acceptors (Lipinski definition) is 3. The van der Waals surface area contributed by atoms with Crippen molar-refractivity contribution in [3.05, 3.63) is 66.2 Å². The molecule has 2 aromatic carbocycles. The summed E-state index contributed by atoms with van der Waals surface area (Å²) in [6.45, 7) is 1.52. The van der Waals surface area contributed by atoms with Gasteiger partial charge in [0.15, 0.2) is 11.5 Å². The maximum atomic E-state index is 12.8. The van der Waals surface area contributed by atoms with Crippen LogP contribution in [0.2, 0.25) is 0 Å². The lowest BCUT2D eigenvalue weighted by molar-refractivity contribution is -0.132. The van der Waals surface area contributed by atoms with Crippen molar-refractivity contribution in [2.24, 2.45) is 0 Å². The minimum absolute atomic E-state index is 0.179. The van der Waals surface area contributed by atoms with Crippen LogP contribution in [0.4, 0.5) is 0 Å². The maximum Gasteiger partial charge on any atom is 0.222 e. The third-order valence-electron chi connectivity index (χ3n) is 5.72. The van der Waals surface area contributed by atoms with Gasteiger partial charge in [-0.25, -0.2) is 4.98 Å². The first kappa shape index (κ1) is 17.0. The molecule has 0 bridgehead atoms. The van der Waals surface area contributed by atoms with Gasteiger partial charge >= 0.3 is 0 Å². The van der Waals surface area contributed by atoms with Gasteiger partial charge < -0.3 is 14.3 Å². The Morgan fingerprint density at radius 3 is 2.96 bits per heavy atom. The van der Waals surface area contributed by atoms with Gasteiger partial charge in [-0.3, -0.25) is 4.79 Å². The number of aromatic nitrogens is 2. The number of oxazole rings is 1. The van der Waals surface area contributed by atoms with Crippen LogP contribution in [0.3, 0.4) is 0 Å². The third kappa shape index (κ3) is 3.17. The Labute approximate surface area is 163 Å². The summed E-state index contributed by atoms with van der Waals surface area (Å²) in [4.78, 5) is 22.8. The molecule has 1 unspecified atom stereocenters. The monoisotopic (exact) mass is 373 g/mol. The molecule has 28 heavy (non-hydrogen) atoms. The van der Waals surface area contributed by atoms with Gasteiger partial charge in [0.2, 0.25) is 5.91 Å². The Kier molecular flexibility index (Phi) is 4.35. The molecule has 1 N–H and O–H groups in total. The van der Waals surface area contributed by atoms with Crippen LogP contribution < -0.4 is 0 Å². The van der Waals surface area contributed by atoms with Crippen molar-refractivity contribution in [1.82, 2.24) is 14.9 Å². The largest absolute Gasteiger partial charge is 0.440 e. The number of aryl methyl sites for hydroxylation is 1. The van der Waals surface area contributed by atoms with E-state index in [0.29, 0.717) is 13.0 Å². The van der Waals surface area contributed by atoms with Crippen molar-refractivity contribution in [3.8, 4) is 0 Å². The van der Waals surface area contributed by atoms with Gasteiger partial charge in [0, 0.05) is 36.6 Å². The highest BCUT2D eigenvalue weighted by atomic mass is 16.3. The van der Waals surface area contributed by atoms with Gasteiger partial charge in [-0.05, 0) is 43.0 Å². The molecule has 142 valence electrons. The van der Waals surface area contributed by atoms with Crippen molar-refractivity contribution in [2.45, 2.75) is 31.6 Å². The fourth-order valence-corrected chi connectivity index (χ4v) is 4.21. The molecule has 0 spiro atoms. The van der Waals surface area contributed by atoms with E-state index in [4.69, 9.17) is 4.42 Å². The number of benzene rings is 2. The Morgan fingerprint density at radius 1 is 1.18 bits per heavy atom. The highest BCUT2D eigenvalue weighted by Crippen LogP contribution is 2.29. The molecule has 5 nitrogen and oxygen atoms in total. The van der Waals surface area contributed by atoms with Crippen molar-refractivity contribution in [2.75, 3.05) is 13.1 Å². The number of nitrogens with one attached hydrogen (secondary N) is 1. The SMILES string of the molecule is O=C(CCc1c[nH]c2ccccc12)N1CCCC(c2nc3ccccc3o2)C1. The Bertz CT molecular complexity index is 1090. The summed E-state index contributed by atoms with van der Waals surface area (Å²) in [7, 11) is 0. The normalized spacial score (nSPS) is 17.4. The van der Waals surface area contributed by atoms with Crippen LogP contribution in [0.15, 0.2) is 59.1 Å². The Hall–Kier alpha value is -3.08. The molecule has 3 heterocycles. The van der Waals surface area contributed by atoms with Gasteiger partial charge in [0.1, 0.15) is 5.52 Å². The zero-order valence-corrected chi connectivity index (χ0v) is 15.7. The Morgan fingerprint density at radius 2 is 2.04 bits per heavy atom. The molecule has 1 amide bonds. The number of likely N-dealkylation sites (tertiary alicyclic amines) is 1. The van der Waals surface area contributed by atoms with Gasteiger partial charge in [0.05, 0.1) is 5.92 Å². The highest BCUT2D eigenvalue weighted by Gasteiger charge is 2.28. The lowest BCUT2D eigenvalue weighted by Gasteiger charge is -2.31. The Balaban J connectivity index is 1.26. The summed E-state index contributed by atoms with van der Waals surface area (Å²) < 4.78 is 5.95. The first-order valence-electron chi connectivity index (χ1n) is 9.96. The quantitative estimate of drug-likeness (QED) is 0.566. The van der Waals surface area contributed by atoms with E-state index in [1.54, 1.807) is 0 Å². The van der Waals surface area contributed by atoms with Crippen LogP contribution in [0, 0.1) is 0 Å². The van der Waals surface area contributed by atoms with Crippen LogP contribution in [0.1, 0.15) is 36.6 Å². The first-order valence-corrected chi connectivity index (χ1v) is 9.96. The van der Waals surface area contributed by atoms with Gasteiger partial charge in [0.25, 0.3) is 0 Å². The van der Waals surface area contributed by atoms with Gasteiger partial charge in [-0.15, -0.1) is 0 Å². The predicted molar refractivity (Wildman–Crippen MR) is 109 cm³/mol. The number of amides is 1. The number of fused-ring (bicyclic) bond motifs is 2. The number of carbonyl (C=O) groups is 1. The second-order valence-corrected chi connectivity index (χ2v) is 7.56. The van der Waals surface area contributed by atoms with Crippen LogP contribution in [0.5, 0.6) is 0 Å². The van der Waals surface area contributed by atoms with Crippen molar-refractivity contribution >= 4 is 27.9 Å². The molecule has 1 saturated heterocycles. The van der Waals surface area contributed by atoms with E-state index in [-0.39, 0.29) is 11.8 Å². The van der Waals surface area contributed by atoms with E-state index in [9.17, 15) is 4.79 Å². The van der Waals surface area contributed by atoms with Crippen LogP contribution in [-0.2, 0) is 11.2 Å². The van der Waals surface area contributed by atoms with Gasteiger partial charge in [-0.2, -0.15) is 0 Å². The second-order valence-electron chi connectivity index (χ2n) is 7.56. The minimum atomic E-state index is 0.179. The molecule has 0 saturated carbocycles. The molecule has 4 aromatic rings. The van der Waals surface area contributed by atoms with Crippen LogP contribution in [0.25, 0.3) is 22.0 Å². The smallest absolute Gasteiger partial charge is 0.222 e. The molecule has 5 rings (SSSR count). The zero-order valence-electron chi connectivity index (χ0n) is 15.7. The lowest BCUT2D eigenvalue weighted by Crippen LogP contribution is -2.39. The molecule has 2 aromatic heterocycles. The molecule has 1 atom stereocenters. The van der Waals surface area contributed by atoms with E-state index in [2.05, 4.69) is 22.1 Å². The molecule has 1 fully saturated rings. The molecule has 1 aliphatic heterocycles. The van der Waals surface area contributed by atoms with E-state index >= 15 is 0 Å². The number of aromatic amines is 1. The maximum absolute atomic E-state index is 12.8. The summed E-state index contributed by atoms with van der Waals surface area (Å²) in [5, 5.41) is 1.21. The topological polar surface area (TPSA) is 62.1 Å². The fraction of sp³-hybridized carbons (Fsp3) is 0.304. The van der Waals surface area contributed by atoms with Crippen LogP contribution >= 0.6 is 0 Å². The summed E-state index contributed by atoms with van der Waals surface area (Å²) in [6.07, 6.45) is 5.31. The summed E-state index contributed by atoms with van der Waals surface area (Å²) in [5.74, 6) is 1.15. The number of rotatable bonds is 4. The number of hydrogen-bond donors (Lipinski definition) is 1. The number of nitrogens with zero attached hydrogens (tertiary/aromatic N) is 2. The molecule has 0 aliphatic carbocycles. The summed E-state index contributed by atoms with van der Waals surface area (Å²) >= 11 is 0. The summed E-state index contributed by atoms with van der Waals surface area (Å²) in [5.41, 5.74) is 4.04. The van der Waals surface area contributed by atoms with E-state index in [1.807, 2.05) is 47.5 Å². The zero-order chi connectivity index (χ0) is 18.9. The van der Waals surface area contributed by atoms with E-state index in [1.165, 1.54) is 10.9 Å². The molecule has 1 aliphatic rings. The number of piperidine rings is 1. The molecule has 5 heteroatoms. The summed E-state index contributed by atoms with van der Waals surface area (Å²) in [6, 6.07) is 16.1. The molecular formula is C23H23N3O2. The molecular weight excluding hydrogens is 350 g/mol. The lowest BCUT2D eigenvalue weighted by atomic mass is 9.97. The second kappa shape index (κ2) is 7.15. The number of para-hydroxylation sites is 3. The van der Waals surface area contributed by atoms with Crippen molar-refractivity contribution in [3.63, 3.8) is 0 Å². The third-order valence-corrected chi connectivity index (χ3v) is 5.72. The predicted octanol–water partition coefficient (Wildman–Crippen LogP) is 4.65. The standard InChI is InChI=1S/C23H23N3O2/c27-22(12-11-16-14-24-19-8-2-1-7-18(16)19)26-13-5-6-17(15-26)23-25-20-9-3-4-10-21(20)28-23/h1-4,7-10,14,17,24H,5-6,11-13,15H2. The molecule has 0 radical (unpaired) electrons. The first-order chi connectivity index (χ1) is 13.8. The highest BCUT2D eigenvalue weighted by molar-refractivity contribution is 5.84. The van der Waals surface area contributed by atoms with Gasteiger partial charge in [-0.1, -0.05) is 30.3 Å². The minimum Gasteiger partial charge on any atom is -0.440 e. The number of H-pyrrole nitrogens is 1. The van der Waals surface area contributed by atoms with Crippen LogP contribution in [-0.4, -0.2) is 33.9 Å². The van der Waals surface area contributed by atoms with Crippen molar-refractivity contribution in [1.29, 1.82) is 0 Å². The average Bonchev–Trinajstić information content (AvgIpc) is 3.36.